The quantitative estimate of drug-likeness (QED) is 0.692. The molecule has 1 saturated carbocycles. The monoisotopic (exact) mass is 451 g/mol. The molecular formula is C24H25N3O6. The molecule has 0 saturated heterocycles. The summed E-state index contributed by atoms with van der Waals surface area (Å²) < 4.78 is 9.02. The lowest BCUT2D eigenvalue weighted by Crippen LogP contribution is -2.54. The highest BCUT2D eigenvalue weighted by atomic mass is 16.5. The molecule has 1 aliphatic heterocycles. The van der Waals surface area contributed by atoms with Gasteiger partial charge >= 0.3 is 11.4 Å². The Hall–Kier alpha value is -3.62. The predicted octanol–water partition coefficient (Wildman–Crippen LogP) is 1.45. The van der Waals surface area contributed by atoms with Crippen molar-refractivity contribution >= 4 is 11.6 Å². The van der Waals surface area contributed by atoms with E-state index in [-0.39, 0.29) is 30.3 Å². The number of methoxy groups -OCH3 is 1. The molecule has 1 fully saturated rings. The number of phenolic OH excluding ortho intramolecular Hbond substituents is 1. The Bertz CT molecular complexity index is 1400. The fraction of sp³-hybridized carbons (Fsp3) is 0.417. The topological polar surface area (TPSA) is 113 Å². The van der Waals surface area contributed by atoms with Gasteiger partial charge in [0.15, 0.2) is 11.6 Å². The molecule has 2 heterocycles. The Balaban J connectivity index is 1.80. The van der Waals surface area contributed by atoms with Crippen LogP contribution in [0.4, 0.5) is 0 Å². The van der Waals surface area contributed by atoms with Crippen LogP contribution in [-0.2, 0) is 23.2 Å². The van der Waals surface area contributed by atoms with Crippen molar-refractivity contribution in [3.8, 4) is 11.5 Å². The number of nitrogens with zero attached hydrogens (tertiary/aromatic N) is 3. The van der Waals surface area contributed by atoms with E-state index in [0.717, 1.165) is 10.1 Å². The van der Waals surface area contributed by atoms with Gasteiger partial charge in [-0.3, -0.25) is 9.59 Å². The molecule has 5 rings (SSSR count). The lowest BCUT2D eigenvalue weighted by Gasteiger charge is -2.52. The van der Waals surface area contributed by atoms with Crippen molar-refractivity contribution in [1.29, 1.82) is 0 Å². The van der Waals surface area contributed by atoms with Crippen molar-refractivity contribution in [3.63, 3.8) is 0 Å². The first-order valence-electron chi connectivity index (χ1n) is 10.8. The summed E-state index contributed by atoms with van der Waals surface area (Å²) in [5.41, 5.74) is -0.453. The van der Waals surface area contributed by atoms with Crippen LogP contribution < -0.4 is 16.1 Å². The molecule has 9 nitrogen and oxygen atoms in total. The third-order valence-corrected chi connectivity index (χ3v) is 7.64. The molecule has 0 unspecified atom stereocenters. The Labute approximate surface area is 189 Å². The zero-order valence-electron chi connectivity index (χ0n) is 18.9. The maximum absolute atomic E-state index is 13.6. The van der Waals surface area contributed by atoms with Crippen molar-refractivity contribution in [2.45, 2.75) is 38.8 Å². The minimum absolute atomic E-state index is 0.0586. The minimum Gasteiger partial charge on any atom is -0.508 e. The van der Waals surface area contributed by atoms with Crippen molar-refractivity contribution in [2.24, 2.45) is 18.4 Å². The molecule has 2 aromatic rings. The summed E-state index contributed by atoms with van der Waals surface area (Å²) in [6, 6.07) is 4.28. The Morgan fingerprint density at radius 1 is 1.15 bits per heavy atom. The fourth-order valence-corrected chi connectivity index (χ4v) is 6.01. The average Bonchev–Trinajstić information content (AvgIpc) is 3.01. The van der Waals surface area contributed by atoms with Crippen molar-refractivity contribution in [3.05, 3.63) is 68.0 Å². The second-order valence-corrected chi connectivity index (χ2v) is 9.26. The van der Waals surface area contributed by atoms with E-state index in [0.29, 0.717) is 16.9 Å². The maximum atomic E-state index is 13.6. The molecule has 1 N–H and O–H groups in total. The summed E-state index contributed by atoms with van der Waals surface area (Å²) >= 11 is 0. The van der Waals surface area contributed by atoms with E-state index in [1.54, 1.807) is 26.0 Å². The largest absolute Gasteiger partial charge is 0.508 e. The van der Waals surface area contributed by atoms with E-state index >= 15 is 0 Å². The highest BCUT2D eigenvalue weighted by Crippen LogP contribution is 2.60. The maximum Gasteiger partial charge on any atom is 0.347 e. The fourth-order valence-electron chi connectivity index (χ4n) is 6.01. The molecule has 33 heavy (non-hydrogen) atoms. The van der Waals surface area contributed by atoms with E-state index in [1.807, 2.05) is 6.08 Å². The van der Waals surface area contributed by atoms with Gasteiger partial charge in [-0.1, -0.05) is 19.1 Å². The van der Waals surface area contributed by atoms with Crippen LogP contribution in [0.15, 0.2) is 51.1 Å². The lowest BCUT2D eigenvalue weighted by atomic mass is 9.51. The van der Waals surface area contributed by atoms with Crippen LogP contribution in [0, 0.1) is 11.3 Å². The number of rotatable bonds is 2. The number of carbonyl (C=O) groups is 2. The standard InChI is InChI=1S/C24H25N3O6/c1-12-9-19(29)16-11-17-14(7-8-26-22(31)25(3)23(32)27(17)26)20(24(16,2)21(12)30)15-6-5-13(33-4)10-18(15)28/h5-7,9-10,16-17,20,28H,8,11H2,1-4H3/t16-,17+,20+,24+/m0/s1. The van der Waals surface area contributed by atoms with Gasteiger partial charge in [-0.15, -0.1) is 0 Å². The van der Waals surface area contributed by atoms with Gasteiger partial charge in [0.1, 0.15) is 11.5 Å². The molecule has 2 aliphatic carbocycles. The van der Waals surface area contributed by atoms with Crippen molar-refractivity contribution < 1.29 is 19.4 Å². The van der Waals surface area contributed by atoms with Gasteiger partial charge in [0, 0.05) is 30.5 Å². The minimum atomic E-state index is -1.15. The predicted molar refractivity (Wildman–Crippen MR) is 118 cm³/mol. The summed E-state index contributed by atoms with van der Waals surface area (Å²) in [6.45, 7) is 3.56. The highest BCUT2D eigenvalue weighted by molar-refractivity contribution is 6.13. The second kappa shape index (κ2) is 6.94. The number of phenols is 1. The lowest BCUT2D eigenvalue weighted by molar-refractivity contribution is -0.139. The zero-order chi connectivity index (χ0) is 23.8. The number of fused-ring (bicyclic) bond motifs is 4. The summed E-state index contributed by atoms with van der Waals surface area (Å²) in [6.07, 6.45) is 3.44. The number of Topliss-reactive ketones (excluding diaryl/α,β-unsaturated/α-hetero) is 1. The molecule has 4 atom stereocenters. The molecule has 0 bridgehead atoms. The van der Waals surface area contributed by atoms with Crippen LogP contribution in [0.1, 0.15) is 37.8 Å². The van der Waals surface area contributed by atoms with Crippen molar-refractivity contribution in [2.75, 3.05) is 7.11 Å². The molecule has 0 radical (unpaired) electrons. The van der Waals surface area contributed by atoms with Crippen molar-refractivity contribution in [1.82, 2.24) is 13.9 Å². The van der Waals surface area contributed by atoms with Crippen LogP contribution in [0.5, 0.6) is 11.5 Å². The zero-order valence-corrected chi connectivity index (χ0v) is 18.9. The molecule has 172 valence electrons. The van der Waals surface area contributed by atoms with Crippen LogP contribution in [-0.4, -0.2) is 37.7 Å². The first-order chi connectivity index (χ1) is 15.6. The Morgan fingerprint density at radius 3 is 2.55 bits per heavy atom. The van der Waals surface area contributed by atoms with Crippen LogP contribution >= 0.6 is 0 Å². The average molecular weight is 451 g/mol. The molecule has 0 spiro atoms. The van der Waals surface area contributed by atoms with Gasteiger partial charge in [0.2, 0.25) is 0 Å². The molecule has 1 aromatic heterocycles. The summed E-state index contributed by atoms with van der Waals surface area (Å²) in [5, 5.41) is 10.9. The third kappa shape index (κ3) is 2.65. The van der Waals surface area contributed by atoms with Gasteiger partial charge in [0.05, 0.1) is 25.1 Å². The summed E-state index contributed by atoms with van der Waals surface area (Å²) in [4.78, 5) is 52.4. The first kappa shape index (κ1) is 21.2. The van der Waals surface area contributed by atoms with E-state index in [2.05, 4.69) is 0 Å². The molecule has 1 aromatic carbocycles. The number of aromatic nitrogens is 3. The van der Waals surface area contributed by atoms with E-state index in [4.69, 9.17) is 4.74 Å². The first-order valence-corrected chi connectivity index (χ1v) is 10.8. The summed E-state index contributed by atoms with van der Waals surface area (Å²) in [7, 11) is 2.91. The van der Waals surface area contributed by atoms with Gasteiger partial charge in [-0.05, 0) is 36.6 Å². The number of aromatic hydroxyl groups is 1. The Kier molecular flexibility index (Phi) is 4.46. The van der Waals surface area contributed by atoms with E-state index < -0.39 is 34.7 Å². The van der Waals surface area contributed by atoms with Gasteiger partial charge in [0.25, 0.3) is 0 Å². The number of carbonyl (C=O) groups excluding carboxylic acids is 2. The van der Waals surface area contributed by atoms with Crippen LogP contribution in [0.2, 0.25) is 0 Å². The molecule has 9 heteroatoms. The third-order valence-electron chi connectivity index (χ3n) is 7.64. The number of hydrogen-bond acceptors (Lipinski definition) is 6. The molecular weight excluding hydrogens is 426 g/mol. The number of benzene rings is 1. The van der Waals surface area contributed by atoms with E-state index in [1.165, 1.54) is 35.7 Å². The van der Waals surface area contributed by atoms with Gasteiger partial charge in [-0.25, -0.2) is 23.5 Å². The second-order valence-electron chi connectivity index (χ2n) is 9.26. The van der Waals surface area contributed by atoms with Crippen LogP contribution in [0.25, 0.3) is 0 Å². The number of hydrogen-bond donors (Lipinski definition) is 1. The number of allylic oxidation sites excluding steroid dienone is 4. The number of ketones is 2. The number of ether oxygens (including phenoxy) is 1. The molecule has 3 aliphatic rings. The van der Waals surface area contributed by atoms with Gasteiger partial charge < -0.3 is 9.84 Å². The molecule has 0 amide bonds. The Morgan fingerprint density at radius 2 is 1.88 bits per heavy atom. The summed E-state index contributed by atoms with van der Waals surface area (Å²) in [5.74, 6) is -1.32. The van der Waals surface area contributed by atoms with Gasteiger partial charge in [-0.2, -0.15) is 0 Å². The SMILES string of the molecule is COc1ccc([C@H]2C3=CCn4c(=O)n(C)c(=O)n4[C@@H]3C[C@H]3C(=O)C=C(C)C(=O)[C@@]23C)c(O)c1. The van der Waals surface area contributed by atoms with E-state index in [9.17, 15) is 24.3 Å². The van der Waals surface area contributed by atoms with Crippen LogP contribution in [0.3, 0.4) is 0 Å². The smallest absolute Gasteiger partial charge is 0.347 e. The highest BCUT2D eigenvalue weighted by Gasteiger charge is 2.59. The normalized spacial score (nSPS) is 28.4.